The molecule has 0 spiro atoms. The third-order valence-corrected chi connectivity index (χ3v) is 5.96. The van der Waals surface area contributed by atoms with Gasteiger partial charge in [0.25, 0.3) is 0 Å². The number of hydrogen-bond acceptors (Lipinski definition) is 4. The normalized spacial score (nSPS) is 21.6. The Hall–Kier alpha value is -1.43. The predicted octanol–water partition coefficient (Wildman–Crippen LogP) is 2.69. The van der Waals surface area contributed by atoms with Crippen LogP contribution >= 0.6 is 0 Å². The molecule has 2 fully saturated rings. The Labute approximate surface area is 156 Å². The molecular weight excluding hydrogens is 328 g/mol. The molecule has 2 N–H and O–H groups in total. The number of hydrogen-bond donors (Lipinski definition) is 2. The van der Waals surface area contributed by atoms with Gasteiger partial charge in [0.15, 0.2) is 0 Å². The molecule has 5 nitrogen and oxygen atoms in total. The quantitative estimate of drug-likeness (QED) is 0.783. The monoisotopic (exact) mass is 360 g/mol. The van der Waals surface area contributed by atoms with Crippen LogP contribution in [-0.2, 0) is 11.2 Å². The fraction of sp³-hybridized carbons (Fsp3) is 0.667. The minimum Gasteiger partial charge on any atom is -0.480 e. The highest BCUT2D eigenvalue weighted by atomic mass is 16.4. The highest BCUT2D eigenvalue weighted by Crippen LogP contribution is 2.27. The summed E-state index contributed by atoms with van der Waals surface area (Å²) in [5.41, 5.74) is 2.01. The van der Waals surface area contributed by atoms with E-state index in [1.54, 1.807) is 0 Å². The maximum absolute atomic E-state index is 12.0. The zero-order chi connectivity index (χ0) is 18.4. The van der Waals surface area contributed by atoms with Crippen molar-refractivity contribution < 1.29 is 15.0 Å². The highest BCUT2D eigenvalue weighted by Gasteiger charge is 2.32. The molecule has 26 heavy (non-hydrogen) atoms. The lowest BCUT2D eigenvalue weighted by molar-refractivity contribution is -0.144. The summed E-state index contributed by atoms with van der Waals surface area (Å²) in [4.78, 5) is 16.6. The van der Waals surface area contributed by atoms with E-state index in [0.29, 0.717) is 6.04 Å². The van der Waals surface area contributed by atoms with Gasteiger partial charge in [0.2, 0.25) is 0 Å². The van der Waals surface area contributed by atoms with E-state index in [-0.39, 0.29) is 6.61 Å². The second-order valence-corrected chi connectivity index (χ2v) is 7.67. The molecule has 1 saturated carbocycles. The van der Waals surface area contributed by atoms with Crippen molar-refractivity contribution in [3.05, 3.63) is 35.4 Å². The first-order valence-electron chi connectivity index (χ1n) is 10.1. The summed E-state index contributed by atoms with van der Waals surface area (Å²) in [6.07, 6.45) is 8.22. The molecule has 1 aromatic rings. The zero-order valence-electron chi connectivity index (χ0n) is 15.6. The first-order chi connectivity index (χ1) is 12.7. The van der Waals surface area contributed by atoms with Crippen LogP contribution < -0.4 is 0 Å². The molecular formula is C21H32N2O3. The van der Waals surface area contributed by atoms with Gasteiger partial charge < -0.3 is 10.2 Å². The Morgan fingerprint density at radius 3 is 2.27 bits per heavy atom. The lowest BCUT2D eigenvalue weighted by atomic mass is 9.93. The van der Waals surface area contributed by atoms with Crippen molar-refractivity contribution >= 4 is 5.97 Å². The van der Waals surface area contributed by atoms with E-state index in [4.69, 9.17) is 5.11 Å². The topological polar surface area (TPSA) is 64.0 Å². The van der Waals surface area contributed by atoms with Crippen molar-refractivity contribution in [3.8, 4) is 0 Å². The maximum Gasteiger partial charge on any atom is 0.325 e. The third kappa shape index (κ3) is 4.84. The fourth-order valence-corrected chi connectivity index (χ4v) is 4.47. The van der Waals surface area contributed by atoms with Gasteiger partial charge in [-0.1, -0.05) is 43.5 Å². The maximum atomic E-state index is 12.0. The summed E-state index contributed by atoms with van der Waals surface area (Å²) >= 11 is 0. The van der Waals surface area contributed by atoms with E-state index in [1.807, 2.05) is 24.3 Å². The van der Waals surface area contributed by atoms with Crippen LogP contribution in [0.2, 0.25) is 0 Å². The molecule has 1 aliphatic heterocycles. The summed E-state index contributed by atoms with van der Waals surface area (Å²) in [5, 5.41) is 18.8. The molecule has 0 bridgehead atoms. The summed E-state index contributed by atoms with van der Waals surface area (Å²) in [6, 6.07) is 8.03. The summed E-state index contributed by atoms with van der Waals surface area (Å²) in [7, 11) is 0. The number of nitrogens with zero attached hydrogens (tertiary/aromatic N) is 2. The van der Waals surface area contributed by atoms with E-state index < -0.39 is 12.0 Å². The Bertz CT molecular complexity index is 561. The van der Waals surface area contributed by atoms with Gasteiger partial charge in [0.05, 0.1) is 0 Å². The Morgan fingerprint density at radius 2 is 1.69 bits per heavy atom. The Morgan fingerprint density at radius 1 is 1.04 bits per heavy atom. The number of carbonyl (C=O) groups is 1. The molecule has 2 aliphatic rings. The van der Waals surface area contributed by atoms with Crippen molar-refractivity contribution in [1.82, 2.24) is 9.80 Å². The number of carboxylic acid groups (broad SMARTS) is 1. The van der Waals surface area contributed by atoms with Gasteiger partial charge >= 0.3 is 5.97 Å². The summed E-state index contributed by atoms with van der Waals surface area (Å²) < 4.78 is 0. The Kier molecular flexibility index (Phi) is 7.06. The number of aliphatic hydroxyl groups is 1. The molecule has 3 rings (SSSR count). The van der Waals surface area contributed by atoms with E-state index in [1.165, 1.54) is 32.1 Å². The van der Waals surface area contributed by atoms with Crippen molar-refractivity contribution in [2.45, 2.75) is 57.0 Å². The standard InChI is InChI=1S/C21H32N2O3/c24-16-4-5-17-8-10-18(11-9-17)20(21(25)26)23-14-12-22(13-15-23)19-6-2-1-3-7-19/h8-11,19-20,24H,1-7,12-16H2,(H,25,26). The van der Waals surface area contributed by atoms with Crippen LogP contribution in [0.25, 0.3) is 0 Å². The van der Waals surface area contributed by atoms with E-state index >= 15 is 0 Å². The van der Waals surface area contributed by atoms with E-state index in [9.17, 15) is 9.90 Å². The van der Waals surface area contributed by atoms with Crippen LogP contribution in [0.3, 0.4) is 0 Å². The second-order valence-electron chi connectivity index (χ2n) is 7.67. The van der Waals surface area contributed by atoms with Crippen LogP contribution in [-0.4, -0.2) is 64.8 Å². The molecule has 1 unspecified atom stereocenters. The zero-order valence-corrected chi connectivity index (χ0v) is 15.6. The lowest BCUT2D eigenvalue weighted by Crippen LogP contribution is -2.52. The van der Waals surface area contributed by atoms with Crippen LogP contribution in [0.1, 0.15) is 55.7 Å². The number of aliphatic carboxylic acids is 1. The van der Waals surface area contributed by atoms with E-state index in [0.717, 1.165) is 50.1 Å². The molecule has 0 radical (unpaired) electrons. The number of rotatable bonds is 7. The van der Waals surface area contributed by atoms with Gasteiger partial charge in [0.1, 0.15) is 6.04 Å². The molecule has 1 heterocycles. The first-order valence-corrected chi connectivity index (χ1v) is 10.1. The van der Waals surface area contributed by atoms with Crippen LogP contribution in [0, 0.1) is 0 Å². The highest BCUT2D eigenvalue weighted by molar-refractivity contribution is 5.75. The number of piperazine rings is 1. The van der Waals surface area contributed by atoms with E-state index in [2.05, 4.69) is 9.80 Å². The SMILES string of the molecule is O=C(O)C(c1ccc(CCCO)cc1)N1CCN(C2CCCCC2)CC1. The van der Waals surface area contributed by atoms with Gasteiger partial charge in [-0.05, 0) is 36.8 Å². The molecule has 0 aromatic heterocycles. The van der Waals surface area contributed by atoms with Crippen LogP contribution in [0.15, 0.2) is 24.3 Å². The third-order valence-electron chi connectivity index (χ3n) is 5.96. The van der Waals surface area contributed by atoms with Gasteiger partial charge in [0, 0.05) is 38.8 Å². The van der Waals surface area contributed by atoms with Gasteiger partial charge in [-0.15, -0.1) is 0 Å². The molecule has 1 aromatic carbocycles. The summed E-state index contributed by atoms with van der Waals surface area (Å²) in [6.45, 7) is 3.77. The largest absolute Gasteiger partial charge is 0.480 e. The fourth-order valence-electron chi connectivity index (χ4n) is 4.47. The molecule has 5 heteroatoms. The van der Waals surface area contributed by atoms with Crippen molar-refractivity contribution in [3.63, 3.8) is 0 Å². The lowest BCUT2D eigenvalue weighted by Gasteiger charge is -2.42. The van der Waals surface area contributed by atoms with Crippen molar-refractivity contribution in [2.75, 3.05) is 32.8 Å². The van der Waals surface area contributed by atoms with Crippen LogP contribution in [0.4, 0.5) is 0 Å². The van der Waals surface area contributed by atoms with Gasteiger partial charge in [-0.3, -0.25) is 14.6 Å². The molecule has 144 valence electrons. The first kappa shape index (κ1) is 19.3. The van der Waals surface area contributed by atoms with Gasteiger partial charge in [-0.2, -0.15) is 0 Å². The molecule has 0 amide bonds. The minimum atomic E-state index is -0.765. The number of aliphatic hydroxyl groups excluding tert-OH is 1. The van der Waals surface area contributed by atoms with Gasteiger partial charge in [-0.25, -0.2) is 0 Å². The van der Waals surface area contributed by atoms with Crippen molar-refractivity contribution in [2.24, 2.45) is 0 Å². The average Bonchev–Trinajstić information content (AvgIpc) is 2.68. The number of carboxylic acids is 1. The summed E-state index contributed by atoms with van der Waals surface area (Å²) in [5.74, 6) is -0.765. The van der Waals surface area contributed by atoms with Crippen LogP contribution in [0.5, 0.6) is 0 Å². The Balaban J connectivity index is 1.60. The number of aryl methyl sites for hydroxylation is 1. The average molecular weight is 360 g/mol. The predicted molar refractivity (Wildman–Crippen MR) is 102 cm³/mol. The number of benzene rings is 1. The molecule has 1 aliphatic carbocycles. The molecule has 1 saturated heterocycles. The second kappa shape index (κ2) is 9.49. The smallest absolute Gasteiger partial charge is 0.325 e. The van der Waals surface area contributed by atoms with Crippen molar-refractivity contribution in [1.29, 1.82) is 0 Å². The molecule has 1 atom stereocenters. The minimum absolute atomic E-state index is 0.185.